The molecule has 0 unspecified atom stereocenters. The lowest BCUT2D eigenvalue weighted by atomic mass is 10.1. The Balaban J connectivity index is 2.87. The topological polar surface area (TPSA) is 20.3 Å². The van der Waals surface area contributed by atoms with E-state index in [4.69, 9.17) is 0 Å². The third-order valence-corrected chi connectivity index (χ3v) is 3.77. The van der Waals surface area contributed by atoms with Gasteiger partial charge in [0.05, 0.1) is 0 Å². The van der Waals surface area contributed by atoms with E-state index in [1.165, 1.54) is 0 Å². The van der Waals surface area contributed by atoms with Crippen molar-refractivity contribution >= 4 is 21.8 Å². The van der Waals surface area contributed by atoms with Gasteiger partial charge in [-0.3, -0.25) is 4.79 Å². The molecule has 0 fully saturated rings. The highest BCUT2D eigenvalue weighted by molar-refractivity contribution is 9.10. The predicted molar refractivity (Wildman–Crippen MR) is 84.6 cm³/mol. The first-order chi connectivity index (χ1) is 9.10. The highest BCUT2D eigenvalue weighted by Crippen LogP contribution is 2.18. The van der Waals surface area contributed by atoms with E-state index in [-0.39, 0.29) is 5.91 Å². The summed E-state index contributed by atoms with van der Waals surface area (Å²) in [6, 6.07) is 5.91. The Hall–Kier alpha value is -0.830. The molecule has 0 N–H and O–H groups in total. The fourth-order valence-corrected chi connectivity index (χ4v) is 2.37. The van der Waals surface area contributed by atoms with Gasteiger partial charge in [0.15, 0.2) is 0 Å². The quantitative estimate of drug-likeness (QED) is 0.705. The van der Waals surface area contributed by atoms with E-state index in [1.54, 1.807) is 0 Å². The minimum absolute atomic E-state index is 0.167. The van der Waals surface area contributed by atoms with Crippen LogP contribution in [0.2, 0.25) is 0 Å². The highest BCUT2D eigenvalue weighted by atomic mass is 79.9. The smallest absolute Gasteiger partial charge is 0.254 e. The van der Waals surface area contributed by atoms with Crippen LogP contribution in [-0.4, -0.2) is 23.9 Å². The molecule has 0 radical (unpaired) electrons. The number of carbonyl (C=O) groups excluding carboxylic acids is 1. The second-order valence-electron chi connectivity index (χ2n) is 4.96. The molecule has 0 bridgehead atoms. The zero-order valence-electron chi connectivity index (χ0n) is 12.2. The molecule has 0 saturated heterocycles. The zero-order chi connectivity index (χ0) is 14.3. The number of rotatable bonds is 7. The first-order valence-corrected chi connectivity index (χ1v) is 7.94. The van der Waals surface area contributed by atoms with Gasteiger partial charge in [0.1, 0.15) is 0 Å². The van der Waals surface area contributed by atoms with Crippen LogP contribution in [0.15, 0.2) is 22.7 Å². The fourth-order valence-electron chi connectivity index (χ4n) is 2.01. The number of unbranched alkanes of at least 4 members (excludes halogenated alkanes) is 2. The third kappa shape index (κ3) is 4.98. The lowest BCUT2D eigenvalue weighted by molar-refractivity contribution is 0.0750. The summed E-state index contributed by atoms with van der Waals surface area (Å²) in [6.45, 7) is 8.04. The van der Waals surface area contributed by atoms with Crippen molar-refractivity contribution in [3.05, 3.63) is 33.8 Å². The highest BCUT2D eigenvalue weighted by Gasteiger charge is 2.17. The standard InChI is InChI=1S/C16H24BrNO/c1-4-6-10-18(11-7-5-2)16(19)15-12-14(17)9-8-13(15)3/h8-9,12H,4-7,10-11H2,1-3H3. The van der Waals surface area contributed by atoms with Crippen molar-refractivity contribution in [1.29, 1.82) is 0 Å². The molecule has 0 saturated carbocycles. The van der Waals surface area contributed by atoms with Gasteiger partial charge in [0.2, 0.25) is 0 Å². The minimum Gasteiger partial charge on any atom is -0.339 e. The van der Waals surface area contributed by atoms with Crippen molar-refractivity contribution in [1.82, 2.24) is 4.90 Å². The molecule has 0 heterocycles. The summed E-state index contributed by atoms with van der Waals surface area (Å²) >= 11 is 3.45. The lowest BCUT2D eigenvalue weighted by Gasteiger charge is -2.23. The van der Waals surface area contributed by atoms with Gasteiger partial charge in [-0.15, -0.1) is 0 Å². The summed E-state index contributed by atoms with van der Waals surface area (Å²) in [4.78, 5) is 14.6. The SMILES string of the molecule is CCCCN(CCCC)C(=O)c1cc(Br)ccc1C. The van der Waals surface area contributed by atoms with Crippen LogP contribution in [0.1, 0.15) is 55.5 Å². The third-order valence-electron chi connectivity index (χ3n) is 3.28. The van der Waals surface area contributed by atoms with Gasteiger partial charge in [0, 0.05) is 23.1 Å². The molecule has 0 spiro atoms. The van der Waals surface area contributed by atoms with Crippen LogP contribution in [0, 0.1) is 6.92 Å². The molecular weight excluding hydrogens is 302 g/mol. The largest absolute Gasteiger partial charge is 0.339 e. The molecule has 0 aromatic heterocycles. The van der Waals surface area contributed by atoms with E-state index in [1.807, 2.05) is 30.0 Å². The van der Waals surface area contributed by atoms with Crippen LogP contribution in [0.5, 0.6) is 0 Å². The Labute approximate surface area is 125 Å². The average molecular weight is 326 g/mol. The molecule has 1 rings (SSSR count). The fraction of sp³-hybridized carbons (Fsp3) is 0.562. The maximum Gasteiger partial charge on any atom is 0.254 e. The van der Waals surface area contributed by atoms with Crippen LogP contribution in [-0.2, 0) is 0 Å². The first-order valence-electron chi connectivity index (χ1n) is 7.15. The number of nitrogens with zero attached hydrogens (tertiary/aromatic N) is 1. The molecule has 19 heavy (non-hydrogen) atoms. The molecule has 0 atom stereocenters. The van der Waals surface area contributed by atoms with Crippen LogP contribution in [0.4, 0.5) is 0 Å². The number of carbonyl (C=O) groups is 1. The van der Waals surface area contributed by atoms with Crippen molar-refractivity contribution in [2.45, 2.75) is 46.5 Å². The van der Waals surface area contributed by atoms with E-state index in [2.05, 4.69) is 29.8 Å². The normalized spacial score (nSPS) is 10.5. The Morgan fingerprint density at radius 3 is 2.26 bits per heavy atom. The average Bonchev–Trinajstić information content (AvgIpc) is 2.41. The van der Waals surface area contributed by atoms with Crippen LogP contribution in [0.25, 0.3) is 0 Å². The molecule has 0 aliphatic carbocycles. The van der Waals surface area contributed by atoms with Crippen LogP contribution in [0.3, 0.4) is 0 Å². The van der Waals surface area contributed by atoms with E-state index in [0.717, 1.165) is 54.4 Å². The van der Waals surface area contributed by atoms with E-state index in [9.17, 15) is 4.79 Å². The van der Waals surface area contributed by atoms with Crippen molar-refractivity contribution in [2.75, 3.05) is 13.1 Å². The summed E-state index contributed by atoms with van der Waals surface area (Å²) in [6.07, 6.45) is 4.38. The van der Waals surface area contributed by atoms with E-state index >= 15 is 0 Å². The number of halogens is 1. The van der Waals surface area contributed by atoms with Crippen molar-refractivity contribution in [3.8, 4) is 0 Å². The number of hydrogen-bond donors (Lipinski definition) is 0. The maximum atomic E-state index is 12.6. The van der Waals surface area contributed by atoms with E-state index < -0.39 is 0 Å². The zero-order valence-corrected chi connectivity index (χ0v) is 13.8. The summed E-state index contributed by atoms with van der Waals surface area (Å²) in [5.74, 6) is 0.167. The Morgan fingerprint density at radius 1 is 1.16 bits per heavy atom. The molecule has 1 aromatic rings. The Bertz CT molecular complexity index is 409. The van der Waals surface area contributed by atoms with Gasteiger partial charge >= 0.3 is 0 Å². The number of hydrogen-bond acceptors (Lipinski definition) is 1. The molecule has 3 heteroatoms. The van der Waals surface area contributed by atoms with Crippen molar-refractivity contribution in [2.24, 2.45) is 0 Å². The molecular formula is C16H24BrNO. The van der Waals surface area contributed by atoms with Crippen molar-refractivity contribution in [3.63, 3.8) is 0 Å². The summed E-state index contributed by atoms with van der Waals surface area (Å²) in [5, 5.41) is 0. The second-order valence-corrected chi connectivity index (χ2v) is 5.87. The number of aryl methyl sites for hydroxylation is 1. The van der Waals surface area contributed by atoms with E-state index in [0.29, 0.717) is 0 Å². The molecule has 1 aromatic carbocycles. The van der Waals surface area contributed by atoms with Gasteiger partial charge in [0.25, 0.3) is 5.91 Å². The van der Waals surface area contributed by atoms with Gasteiger partial charge in [-0.05, 0) is 37.5 Å². The summed E-state index contributed by atoms with van der Waals surface area (Å²) < 4.78 is 0.965. The predicted octanol–water partition coefficient (Wildman–Crippen LogP) is 4.80. The van der Waals surface area contributed by atoms with Gasteiger partial charge < -0.3 is 4.90 Å². The molecule has 1 amide bonds. The monoisotopic (exact) mass is 325 g/mol. The second kappa shape index (κ2) is 8.36. The molecule has 2 nitrogen and oxygen atoms in total. The number of amides is 1. The summed E-state index contributed by atoms with van der Waals surface area (Å²) in [7, 11) is 0. The molecule has 0 aliphatic rings. The summed E-state index contributed by atoms with van der Waals surface area (Å²) in [5.41, 5.74) is 1.87. The van der Waals surface area contributed by atoms with Gasteiger partial charge in [-0.25, -0.2) is 0 Å². The molecule has 0 aliphatic heterocycles. The minimum atomic E-state index is 0.167. The lowest BCUT2D eigenvalue weighted by Crippen LogP contribution is -2.33. The van der Waals surface area contributed by atoms with Gasteiger partial charge in [-0.2, -0.15) is 0 Å². The molecule has 106 valence electrons. The maximum absolute atomic E-state index is 12.6. The first kappa shape index (κ1) is 16.2. The Morgan fingerprint density at radius 2 is 1.74 bits per heavy atom. The van der Waals surface area contributed by atoms with Crippen LogP contribution < -0.4 is 0 Å². The van der Waals surface area contributed by atoms with Crippen molar-refractivity contribution < 1.29 is 4.79 Å². The number of benzene rings is 1. The van der Waals surface area contributed by atoms with Gasteiger partial charge in [-0.1, -0.05) is 48.7 Å². The van der Waals surface area contributed by atoms with Crippen LogP contribution >= 0.6 is 15.9 Å². The Kier molecular flexibility index (Phi) is 7.14.